The topological polar surface area (TPSA) is 49.3 Å². The van der Waals surface area contributed by atoms with Crippen molar-refractivity contribution in [1.29, 1.82) is 0 Å². The Morgan fingerprint density at radius 3 is 2.72 bits per heavy atom. The molecule has 0 fully saturated rings. The molecular formula is C15H17NO2. The maximum absolute atomic E-state index is 11.8. The van der Waals surface area contributed by atoms with Gasteiger partial charge in [-0.3, -0.25) is 4.79 Å². The largest absolute Gasteiger partial charge is 0.504 e. The van der Waals surface area contributed by atoms with Crippen molar-refractivity contribution in [3.05, 3.63) is 53.4 Å². The number of nitrogens with one attached hydrogen (secondary N) is 1. The van der Waals surface area contributed by atoms with Crippen LogP contribution in [0.2, 0.25) is 0 Å². The molecule has 1 aliphatic rings. The summed E-state index contributed by atoms with van der Waals surface area (Å²) in [6.07, 6.45) is 5.60. The van der Waals surface area contributed by atoms with Gasteiger partial charge < -0.3 is 10.4 Å². The molecule has 0 unspecified atom stereocenters. The van der Waals surface area contributed by atoms with Gasteiger partial charge in [0.1, 0.15) is 0 Å². The number of Topliss-reactive ketones (excluding diaryl/α,β-unsaturated/α-hetero) is 1. The van der Waals surface area contributed by atoms with Crippen molar-refractivity contribution < 1.29 is 9.90 Å². The zero-order valence-corrected chi connectivity index (χ0v) is 10.4. The number of ketones is 1. The zero-order valence-electron chi connectivity index (χ0n) is 10.4. The van der Waals surface area contributed by atoms with Gasteiger partial charge in [0.05, 0.1) is 0 Å². The van der Waals surface area contributed by atoms with Crippen LogP contribution in [0.5, 0.6) is 0 Å². The van der Waals surface area contributed by atoms with E-state index in [-0.39, 0.29) is 11.5 Å². The molecule has 3 nitrogen and oxygen atoms in total. The Kier molecular flexibility index (Phi) is 3.82. The molecule has 0 radical (unpaired) electrons. The number of aliphatic hydroxyl groups is 1. The fourth-order valence-electron chi connectivity index (χ4n) is 1.94. The minimum atomic E-state index is -0.309. The predicted octanol–water partition coefficient (Wildman–Crippen LogP) is 3.06. The van der Waals surface area contributed by atoms with Crippen LogP contribution in [0, 0.1) is 0 Å². The van der Waals surface area contributed by atoms with Crippen molar-refractivity contribution in [1.82, 2.24) is 5.32 Å². The van der Waals surface area contributed by atoms with Crippen LogP contribution in [0.3, 0.4) is 0 Å². The first-order chi connectivity index (χ1) is 8.74. The lowest BCUT2D eigenvalue weighted by Gasteiger charge is -2.15. The average Bonchev–Trinajstić information content (AvgIpc) is 2.40. The van der Waals surface area contributed by atoms with Gasteiger partial charge in [0.2, 0.25) is 5.78 Å². The zero-order chi connectivity index (χ0) is 13.0. The summed E-state index contributed by atoms with van der Waals surface area (Å²) in [5.41, 5.74) is 2.27. The summed E-state index contributed by atoms with van der Waals surface area (Å²) in [4.78, 5) is 11.8. The fraction of sp³-hybridized carbons (Fsp3) is 0.267. The maximum Gasteiger partial charge on any atom is 0.227 e. The number of hydrogen-bond acceptors (Lipinski definition) is 3. The van der Waals surface area contributed by atoms with Gasteiger partial charge in [0.15, 0.2) is 5.76 Å². The number of unbranched alkanes of at least 4 members (excludes halogenated alkanes) is 1. The highest BCUT2D eigenvalue weighted by molar-refractivity contribution is 6.14. The highest BCUT2D eigenvalue weighted by atomic mass is 16.3. The molecule has 0 saturated carbocycles. The number of rotatable bonds is 4. The summed E-state index contributed by atoms with van der Waals surface area (Å²) in [6.45, 7) is 3.03. The molecule has 0 spiro atoms. The van der Waals surface area contributed by atoms with E-state index in [1.54, 1.807) is 12.1 Å². The highest BCUT2D eigenvalue weighted by Gasteiger charge is 2.21. The lowest BCUT2D eigenvalue weighted by atomic mass is 9.91. The molecule has 2 N–H and O–H groups in total. The summed E-state index contributed by atoms with van der Waals surface area (Å²) in [5.74, 6) is -0.506. The molecule has 0 heterocycles. The van der Waals surface area contributed by atoms with Gasteiger partial charge >= 0.3 is 0 Å². The first-order valence-electron chi connectivity index (χ1n) is 6.22. The molecule has 3 heteroatoms. The summed E-state index contributed by atoms with van der Waals surface area (Å²) in [6, 6.07) is 7.32. The number of allylic oxidation sites excluding steroid dienone is 3. The van der Waals surface area contributed by atoms with E-state index in [0.717, 1.165) is 30.5 Å². The minimum Gasteiger partial charge on any atom is -0.504 e. The molecule has 0 aromatic heterocycles. The molecule has 2 rings (SSSR count). The van der Waals surface area contributed by atoms with Gasteiger partial charge in [-0.25, -0.2) is 0 Å². The van der Waals surface area contributed by atoms with Crippen molar-refractivity contribution in [2.45, 2.75) is 19.8 Å². The highest BCUT2D eigenvalue weighted by Crippen LogP contribution is 2.27. The van der Waals surface area contributed by atoms with Gasteiger partial charge in [-0.1, -0.05) is 37.6 Å². The molecular weight excluding hydrogens is 226 g/mol. The molecule has 94 valence electrons. The van der Waals surface area contributed by atoms with Crippen molar-refractivity contribution in [2.75, 3.05) is 6.54 Å². The second kappa shape index (κ2) is 5.54. The van der Waals surface area contributed by atoms with E-state index in [1.165, 1.54) is 6.08 Å². The van der Waals surface area contributed by atoms with Gasteiger partial charge in [-0.05, 0) is 18.1 Å². The van der Waals surface area contributed by atoms with E-state index in [4.69, 9.17) is 0 Å². The van der Waals surface area contributed by atoms with Crippen LogP contribution in [-0.4, -0.2) is 17.4 Å². The standard InChI is InChI=1S/C15H17NO2/c1-2-3-8-16-10-11-9-14(17)15(18)13-7-5-4-6-12(11)13/h4-7,9-10,16-17H,2-3,8H2,1H3/b11-10+. The second-order valence-electron chi connectivity index (χ2n) is 4.31. The molecule has 18 heavy (non-hydrogen) atoms. The van der Waals surface area contributed by atoms with E-state index in [9.17, 15) is 9.90 Å². The van der Waals surface area contributed by atoms with Crippen LogP contribution in [0.4, 0.5) is 0 Å². The van der Waals surface area contributed by atoms with E-state index in [2.05, 4.69) is 12.2 Å². The van der Waals surface area contributed by atoms with E-state index in [0.29, 0.717) is 5.56 Å². The average molecular weight is 243 g/mol. The Bertz CT molecular complexity index is 515. The van der Waals surface area contributed by atoms with E-state index < -0.39 is 0 Å². The summed E-state index contributed by atoms with van der Waals surface area (Å²) in [7, 11) is 0. The lowest BCUT2D eigenvalue weighted by Crippen LogP contribution is -2.13. The third-order valence-corrected chi connectivity index (χ3v) is 2.94. The Morgan fingerprint density at radius 1 is 1.28 bits per heavy atom. The Balaban J connectivity index is 2.28. The number of fused-ring (bicyclic) bond motifs is 1. The van der Waals surface area contributed by atoms with Crippen LogP contribution in [-0.2, 0) is 0 Å². The maximum atomic E-state index is 11.8. The van der Waals surface area contributed by atoms with Crippen molar-refractivity contribution in [3.63, 3.8) is 0 Å². The SMILES string of the molecule is CCCCN/C=C1\C=C(O)C(=O)c2ccccc21. The number of hydrogen-bond donors (Lipinski definition) is 2. The fourth-order valence-corrected chi connectivity index (χ4v) is 1.94. The van der Waals surface area contributed by atoms with Gasteiger partial charge in [0, 0.05) is 23.9 Å². The van der Waals surface area contributed by atoms with Gasteiger partial charge in [-0.2, -0.15) is 0 Å². The molecule has 1 aliphatic carbocycles. The monoisotopic (exact) mass is 243 g/mol. The first-order valence-corrected chi connectivity index (χ1v) is 6.22. The van der Waals surface area contributed by atoms with Crippen LogP contribution in [0.15, 0.2) is 42.3 Å². The minimum absolute atomic E-state index is 0.197. The normalized spacial score (nSPS) is 16.4. The third-order valence-electron chi connectivity index (χ3n) is 2.94. The molecule has 1 aromatic rings. The molecule has 0 amide bonds. The van der Waals surface area contributed by atoms with Gasteiger partial charge in [-0.15, -0.1) is 0 Å². The lowest BCUT2D eigenvalue weighted by molar-refractivity contribution is 0.0976. The molecule has 0 bridgehead atoms. The second-order valence-corrected chi connectivity index (χ2v) is 4.31. The molecule has 0 atom stereocenters. The molecule has 0 saturated heterocycles. The van der Waals surface area contributed by atoms with E-state index in [1.807, 2.05) is 18.3 Å². The molecule has 1 aromatic carbocycles. The Morgan fingerprint density at radius 2 is 2.00 bits per heavy atom. The first kappa shape index (κ1) is 12.4. The summed E-state index contributed by atoms with van der Waals surface area (Å²) in [5, 5.41) is 12.8. The van der Waals surface area contributed by atoms with Crippen LogP contribution >= 0.6 is 0 Å². The number of carbonyl (C=O) groups is 1. The number of carbonyl (C=O) groups excluding carboxylic acids is 1. The van der Waals surface area contributed by atoms with Crippen LogP contribution in [0.1, 0.15) is 35.7 Å². The Hall–Kier alpha value is -2.03. The van der Waals surface area contributed by atoms with Crippen molar-refractivity contribution in [2.24, 2.45) is 0 Å². The van der Waals surface area contributed by atoms with Gasteiger partial charge in [0.25, 0.3) is 0 Å². The summed E-state index contributed by atoms with van der Waals surface area (Å²) >= 11 is 0. The van der Waals surface area contributed by atoms with Crippen molar-refractivity contribution >= 4 is 11.4 Å². The quantitative estimate of drug-likeness (QED) is 0.799. The van der Waals surface area contributed by atoms with Crippen LogP contribution < -0.4 is 5.32 Å². The van der Waals surface area contributed by atoms with Crippen molar-refractivity contribution in [3.8, 4) is 0 Å². The Labute approximate surface area is 107 Å². The number of aliphatic hydroxyl groups excluding tert-OH is 1. The smallest absolute Gasteiger partial charge is 0.227 e. The van der Waals surface area contributed by atoms with E-state index >= 15 is 0 Å². The van der Waals surface area contributed by atoms with Crippen LogP contribution in [0.25, 0.3) is 5.57 Å². The molecule has 0 aliphatic heterocycles. The predicted molar refractivity (Wildman–Crippen MR) is 72.4 cm³/mol. The number of benzene rings is 1. The third kappa shape index (κ3) is 2.45. The summed E-state index contributed by atoms with van der Waals surface area (Å²) < 4.78 is 0.